The first kappa shape index (κ1) is 28.0. The topological polar surface area (TPSA) is 110 Å². The summed E-state index contributed by atoms with van der Waals surface area (Å²) in [6.45, 7) is 1.68. The van der Waals surface area contributed by atoms with E-state index in [1.807, 2.05) is 7.05 Å². The number of aromatic amines is 1. The molecule has 3 unspecified atom stereocenters. The van der Waals surface area contributed by atoms with Crippen LogP contribution < -0.4 is 10.6 Å². The third-order valence-corrected chi connectivity index (χ3v) is 8.30. The average Bonchev–Trinajstić information content (AvgIpc) is 3.48. The summed E-state index contributed by atoms with van der Waals surface area (Å²) in [7, 11) is 5.49. The third kappa shape index (κ3) is 5.84. The number of aromatic nitrogens is 2. The van der Waals surface area contributed by atoms with Crippen LogP contribution in [0.4, 0.5) is 4.39 Å². The van der Waals surface area contributed by atoms with E-state index in [0.717, 1.165) is 30.1 Å². The van der Waals surface area contributed by atoms with E-state index in [1.54, 1.807) is 31.1 Å². The fourth-order valence-electron chi connectivity index (χ4n) is 5.21. The largest absolute Gasteiger partial charge is 0.351 e. The van der Waals surface area contributed by atoms with Crippen LogP contribution in [0, 0.1) is 11.7 Å². The third-order valence-electron chi connectivity index (χ3n) is 7.22. The zero-order valence-corrected chi connectivity index (χ0v) is 23.2. The van der Waals surface area contributed by atoms with Crippen molar-refractivity contribution >= 4 is 52.4 Å². The summed E-state index contributed by atoms with van der Waals surface area (Å²) in [6.07, 6.45) is 2.37. The zero-order chi connectivity index (χ0) is 26.3. The van der Waals surface area contributed by atoms with E-state index in [-0.39, 0.29) is 47.9 Å². The SMILES string of the molecule is CN1CCc2nc(C(=O)NC3CC(C(=O)N(C)C)CCC3NC(=O)c3cc4cc(F)ccc4[nH]3)sc2C1.Cl. The molecule has 0 saturated heterocycles. The minimum Gasteiger partial charge on any atom is -0.351 e. The maximum Gasteiger partial charge on any atom is 0.280 e. The van der Waals surface area contributed by atoms with Crippen molar-refractivity contribution in [3.8, 4) is 0 Å². The van der Waals surface area contributed by atoms with Gasteiger partial charge in [-0.05, 0) is 50.6 Å². The number of thiazole rings is 1. The summed E-state index contributed by atoms with van der Waals surface area (Å²) in [4.78, 5) is 51.6. The molecule has 2 aliphatic rings. The van der Waals surface area contributed by atoms with E-state index in [2.05, 4.69) is 25.5 Å². The van der Waals surface area contributed by atoms with Crippen LogP contribution in [0.2, 0.25) is 0 Å². The first-order valence-electron chi connectivity index (χ1n) is 12.5. The Hall–Kier alpha value is -3.02. The molecule has 5 rings (SSSR count). The lowest BCUT2D eigenvalue weighted by molar-refractivity contribution is -0.134. The van der Waals surface area contributed by atoms with Gasteiger partial charge in [0.1, 0.15) is 11.5 Å². The Kier molecular flexibility index (Phi) is 8.39. The van der Waals surface area contributed by atoms with Crippen LogP contribution in [0.5, 0.6) is 0 Å². The molecule has 3 aromatic rings. The Labute approximate surface area is 230 Å². The van der Waals surface area contributed by atoms with Gasteiger partial charge in [-0.15, -0.1) is 23.7 Å². The molecule has 0 radical (unpaired) electrons. The number of nitrogens with zero attached hydrogens (tertiary/aromatic N) is 3. The van der Waals surface area contributed by atoms with Gasteiger partial charge in [0.15, 0.2) is 5.01 Å². The minimum atomic E-state index is -0.440. The smallest absolute Gasteiger partial charge is 0.280 e. The van der Waals surface area contributed by atoms with Crippen molar-refractivity contribution in [2.45, 2.75) is 44.3 Å². The second-order valence-corrected chi connectivity index (χ2v) is 11.3. The van der Waals surface area contributed by atoms with Gasteiger partial charge in [0, 0.05) is 61.3 Å². The molecule has 12 heteroatoms. The van der Waals surface area contributed by atoms with Gasteiger partial charge < -0.3 is 25.4 Å². The number of likely N-dealkylation sites (N-methyl/N-ethyl adjacent to an activating group) is 1. The predicted molar refractivity (Wildman–Crippen MR) is 146 cm³/mol. The van der Waals surface area contributed by atoms with Crippen molar-refractivity contribution in [2.75, 3.05) is 27.7 Å². The molecule has 1 aliphatic carbocycles. The molecule has 3 heterocycles. The van der Waals surface area contributed by atoms with Gasteiger partial charge in [0.05, 0.1) is 11.7 Å². The number of carbonyl (C=O) groups excluding carboxylic acids is 3. The van der Waals surface area contributed by atoms with E-state index in [9.17, 15) is 18.8 Å². The van der Waals surface area contributed by atoms with E-state index in [0.29, 0.717) is 40.9 Å². The number of nitrogens with one attached hydrogen (secondary N) is 3. The van der Waals surface area contributed by atoms with Crippen molar-refractivity contribution in [1.29, 1.82) is 0 Å². The summed E-state index contributed by atoms with van der Waals surface area (Å²) in [5.74, 6) is -1.24. The number of amides is 3. The molecule has 0 bridgehead atoms. The zero-order valence-electron chi connectivity index (χ0n) is 21.5. The number of halogens is 2. The lowest BCUT2D eigenvalue weighted by Gasteiger charge is -2.37. The average molecular weight is 563 g/mol. The molecular formula is C26H32ClFN6O3S. The van der Waals surface area contributed by atoms with E-state index in [4.69, 9.17) is 0 Å². The number of hydrogen-bond acceptors (Lipinski definition) is 6. The normalized spacial score (nSPS) is 21.3. The highest BCUT2D eigenvalue weighted by molar-refractivity contribution is 7.13. The van der Waals surface area contributed by atoms with Crippen LogP contribution in [0.25, 0.3) is 10.9 Å². The van der Waals surface area contributed by atoms with Crippen molar-refractivity contribution in [1.82, 2.24) is 30.4 Å². The van der Waals surface area contributed by atoms with Crippen molar-refractivity contribution in [2.24, 2.45) is 5.92 Å². The lowest BCUT2D eigenvalue weighted by atomic mass is 9.81. The van der Waals surface area contributed by atoms with Crippen molar-refractivity contribution in [3.63, 3.8) is 0 Å². The molecule has 1 fully saturated rings. The van der Waals surface area contributed by atoms with Crippen molar-refractivity contribution < 1.29 is 18.8 Å². The summed E-state index contributed by atoms with van der Waals surface area (Å²) in [6, 6.07) is 5.10. The maximum atomic E-state index is 13.6. The van der Waals surface area contributed by atoms with Gasteiger partial charge in [-0.3, -0.25) is 14.4 Å². The van der Waals surface area contributed by atoms with Crippen LogP contribution >= 0.6 is 23.7 Å². The van der Waals surface area contributed by atoms with Gasteiger partial charge >= 0.3 is 0 Å². The summed E-state index contributed by atoms with van der Waals surface area (Å²) in [5.41, 5.74) is 1.95. The standard InChI is InChI=1S/C26H31FN6O3S.ClH/c1-32(2)26(36)14-4-6-18(29-23(34)21-12-15-10-16(27)5-7-17(15)28-21)20(11-14)30-24(35)25-31-19-8-9-33(3)13-22(19)37-25;/h5,7,10,12,14,18,20,28H,4,6,8-9,11,13H2,1-3H3,(H,29,34)(H,30,35);1H. The van der Waals surface area contributed by atoms with Gasteiger partial charge in [-0.1, -0.05) is 0 Å². The number of fused-ring (bicyclic) bond motifs is 2. The van der Waals surface area contributed by atoms with Crippen LogP contribution in [0.3, 0.4) is 0 Å². The molecule has 2 aromatic heterocycles. The first-order chi connectivity index (χ1) is 17.7. The Morgan fingerprint density at radius 3 is 2.66 bits per heavy atom. The lowest BCUT2D eigenvalue weighted by Crippen LogP contribution is -2.56. The highest BCUT2D eigenvalue weighted by Crippen LogP contribution is 2.29. The number of rotatable bonds is 5. The van der Waals surface area contributed by atoms with Crippen LogP contribution in [-0.2, 0) is 17.8 Å². The molecule has 3 N–H and O–H groups in total. The summed E-state index contributed by atoms with van der Waals surface area (Å²) < 4.78 is 13.6. The molecule has 3 atom stereocenters. The molecule has 0 spiro atoms. The van der Waals surface area contributed by atoms with Crippen LogP contribution in [0.1, 0.15) is 50.1 Å². The number of H-pyrrole nitrogens is 1. The Balaban J connectivity index is 0.00000336. The fraction of sp³-hybridized carbons (Fsp3) is 0.462. The van der Waals surface area contributed by atoms with Crippen molar-refractivity contribution in [3.05, 3.63) is 51.4 Å². The second-order valence-electron chi connectivity index (χ2n) is 10.2. The minimum absolute atomic E-state index is 0. The Morgan fingerprint density at radius 1 is 1.13 bits per heavy atom. The van der Waals surface area contributed by atoms with Crippen LogP contribution in [-0.4, -0.2) is 77.3 Å². The van der Waals surface area contributed by atoms with Crippen LogP contribution in [0.15, 0.2) is 24.3 Å². The fourth-order valence-corrected chi connectivity index (χ4v) is 6.31. The summed E-state index contributed by atoms with van der Waals surface area (Å²) >= 11 is 1.40. The summed E-state index contributed by atoms with van der Waals surface area (Å²) in [5, 5.41) is 7.12. The quantitative estimate of drug-likeness (QED) is 0.443. The Morgan fingerprint density at radius 2 is 1.89 bits per heavy atom. The van der Waals surface area contributed by atoms with Gasteiger partial charge in [0.25, 0.3) is 11.8 Å². The monoisotopic (exact) mass is 562 g/mol. The predicted octanol–water partition coefficient (Wildman–Crippen LogP) is 2.96. The molecule has 38 heavy (non-hydrogen) atoms. The first-order valence-corrected chi connectivity index (χ1v) is 13.3. The maximum absolute atomic E-state index is 13.6. The molecule has 1 saturated carbocycles. The van der Waals surface area contributed by atoms with Gasteiger partial charge in [-0.2, -0.15) is 0 Å². The molecule has 3 amide bonds. The van der Waals surface area contributed by atoms with E-state index < -0.39 is 6.04 Å². The van der Waals surface area contributed by atoms with Gasteiger partial charge in [-0.25, -0.2) is 9.37 Å². The van der Waals surface area contributed by atoms with E-state index >= 15 is 0 Å². The number of hydrogen-bond donors (Lipinski definition) is 3. The Bertz CT molecular complexity index is 1360. The van der Waals surface area contributed by atoms with Gasteiger partial charge in [0.2, 0.25) is 5.91 Å². The molecule has 9 nitrogen and oxygen atoms in total. The molecule has 204 valence electrons. The molecular weight excluding hydrogens is 531 g/mol. The number of carbonyl (C=O) groups is 3. The molecule has 1 aromatic carbocycles. The number of benzene rings is 1. The highest BCUT2D eigenvalue weighted by Gasteiger charge is 2.37. The highest BCUT2D eigenvalue weighted by atomic mass is 35.5. The van der Waals surface area contributed by atoms with E-state index in [1.165, 1.54) is 23.5 Å². The molecule has 1 aliphatic heterocycles. The second kappa shape index (κ2) is 11.4.